The molecule has 1 aromatic heterocycles. The first-order chi connectivity index (χ1) is 8.95. The molecule has 0 saturated heterocycles. The minimum absolute atomic E-state index is 0.0545. The highest BCUT2D eigenvalue weighted by Gasteiger charge is 2.14. The molecular weight excluding hydrogens is 311 g/mol. The van der Waals surface area contributed by atoms with Gasteiger partial charge in [-0.2, -0.15) is 0 Å². The second-order valence-electron chi connectivity index (χ2n) is 3.81. The lowest BCUT2D eigenvalue weighted by Gasteiger charge is -2.09. The highest BCUT2D eigenvalue weighted by atomic mass is 35.5. The SMILES string of the molecule is CCc1c(Cl)[nH]c(=O)n(-c2ccc(Cl)cc2Cl)c1=O. The van der Waals surface area contributed by atoms with E-state index in [2.05, 4.69) is 4.98 Å². The molecule has 0 aliphatic heterocycles. The number of hydrogen-bond acceptors (Lipinski definition) is 2. The highest BCUT2D eigenvalue weighted by Crippen LogP contribution is 2.22. The summed E-state index contributed by atoms with van der Waals surface area (Å²) in [7, 11) is 0. The van der Waals surface area contributed by atoms with E-state index in [0.29, 0.717) is 17.0 Å². The maximum Gasteiger partial charge on any atom is 0.334 e. The number of H-pyrrole nitrogens is 1. The fourth-order valence-corrected chi connectivity index (χ4v) is 2.52. The lowest BCUT2D eigenvalue weighted by Crippen LogP contribution is -2.36. The second kappa shape index (κ2) is 5.41. The Morgan fingerprint density at radius 2 is 1.89 bits per heavy atom. The molecule has 2 aromatic rings. The van der Waals surface area contributed by atoms with Crippen LogP contribution in [0.5, 0.6) is 0 Å². The van der Waals surface area contributed by atoms with Crippen molar-refractivity contribution in [1.29, 1.82) is 0 Å². The van der Waals surface area contributed by atoms with Crippen LogP contribution in [0.15, 0.2) is 27.8 Å². The molecule has 1 heterocycles. The Hall–Kier alpha value is -1.23. The van der Waals surface area contributed by atoms with E-state index < -0.39 is 11.2 Å². The van der Waals surface area contributed by atoms with Crippen molar-refractivity contribution in [3.8, 4) is 5.69 Å². The smallest absolute Gasteiger partial charge is 0.297 e. The summed E-state index contributed by atoms with van der Waals surface area (Å²) in [6, 6.07) is 4.52. The van der Waals surface area contributed by atoms with Gasteiger partial charge in [0, 0.05) is 5.02 Å². The third-order valence-corrected chi connectivity index (χ3v) is 3.51. The van der Waals surface area contributed by atoms with Crippen LogP contribution in [-0.2, 0) is 6.42 Å². The third kappa shape index (κ3) is 2.56. The average molecular weight is 320 g/mol. The predicted octanol–water partition coefficient (Wildman–Crippen LogP) is 3.05. The van der Waals surface area contributed by atoms with Gasteiger partial charge in [-0.1, -0.05) is 41.7 Å². The van der Waals surface area contributed by atoms with Gasteiger partial charge in [0.05, 0.1) is 16.3 Å². The standard InChI is InChI=1S/C12H9Cl3N2O2/c1-2-7-10(15)16-12(19)17(11(7)18)9-4-3-6(13)5-8(9)14/h3-5H,2H2,1H3,(H,16,19). The summed E-state index contributed by atoms with van der Waals surface area (Å²) in [5, 5.41) is 0.686. The van der Waals surface area contributed by atoms with Crippen LogP contribution in [0.4, 0.5) is 0 Å². The van der Waals surface area contributed by atoms with E-state index in [4.69, 9.17) is 34.8 Å². The van der Waals surface area contributed by atoms with Crippen LogP contribution in [0.25, 0.3) is 5.69 Å². The second-order valence-corrected chi connectivity index (χ2v) is 5.03. The molecule has 0 fully saturated rings. The van der Waals surface area contributed by atoms with Gasteiger partial charge in [0.2, 0.25) is 0 Å². The summed E-state index contributed by atoms with van der Waals surface area (Å²) in [4.78, 5) is 26.6. The third-order valence-electron chi connectivity index (χ3n) is 2.65. The van der Waals surface area contributed by atoms with E-state index in [9.17, 15) is 9.59 Å². The van der Waals surface area contributed by atoms with Gasteiger partial charge in [-0.15, -0.1) is 0 Å². The van der Waals surface area contributed by atoms with Crippen molar-refractivity contribution in [1.82, 2.24) is 9.55 Å². The van der Waals surface area contributed by atoms with Crippen molar-refractivity contribution in [2.24, 2.45) is 0 Å². The van der Waals surface area contributed by atoms with Gasteiger partial charge in [0.15, 0.2) is 0 Å². The van der Waals surface area contributed by atoms with Crippen LogP contribution in [0.3, 0.4) is 0 Å². The first-order valence-electron chi connectivity index (χ1n) is 5.44. The van der Waals surface area contributed by atoms with E-state index in [0.717, 1.165) is 4.57 Å². The van der Waals surface area contributed by atoms with Gasteiger partial charge in [-0.05, 0) is 24.6 Å². The molecule has 0 aliphatic rings. The Bertz CT molecular complexity index is 750. The Morgan fingerprint density at radius 3 is 2.47 bits per heavy atom. The summed E-state index contributed by atoms with van der Waals surface area (Å²) in [5.74, 6) is 0. The number of halogens is 3. The van der Waals surface area contributed by atoms with E-state index in [-0.39, 0.29) is 15.9 Å². The molecule has 0 radical (unpaired) electrons. The van der Waals surface area contributed by atoms with Crippen molar-refractivity contribution in [2.75, 3.05) is 0 Å². The summed E-state index contributed by atoms with van der Waals surface area (Å²) in [6.07, 6.45) is 0.402. The van der Waals surface area contributed by atoms with Gasteiger partial charge >= 0.3 is 5.69 Å². The average Bonchev–Trinajstić information content (AvgIpc) is 2.31. The number of nitrogens with one attached hydrogen (secondary N) is 1. The molecule has 0 spiro atoms. The molecule has 0 amide bonds. The number of hydrogen-bond donors (Lipinski definition) is 1. The predicted molar refractivity (Wildman–Crippen MR) is 77.1 cm³/mol. The molecule has 19 heavy (non-hydrogen) atoms. The summed E-state index contributed by atoms with van der Waals surface area (Å²) >= 11 is 17.6. The van der Waals surface area contributed by atoms with E-state index in [1.165, 1.54) is 12.1 Å². The Morgan fingerprint density at radius 1 is 1.21 bits per heavy atom. The fraction of sp³-hybridized carbons (Fsp3) is 0.167. The van der Waals surface area contributed by atoms with Crippen LogP contribution in [0.1, 0.15) is 12.5 Å². The van der Waals surface area contributed by atoms with E-state index in [1.807, 2.05) is 0 Å². The van der Waals surface area contributed by atoms with Crippen LogP contribution < -0.4 is 11.2 Å². The highest BCUT2D eigenvalue weighted by molar-refractivity contribution is 6.35. The van der Waals surface area contributed by atoms with E-state index in [1.54, 1.807) is 13.0 Å². The molecule has 0 unspecified atom stereocenters. The Labute approximate surface area is 123 Å². The molecule has 1 aromatic carbocycles. The van der Waals surface area contributed by atoms with Gasteiger partial charge in [-0.25, -0.2) is 9.36 Å². The maximum atomic E-state index is 12.2. The molecule has 0 aliphatic carbocycles. The zero-order valence-corrected chi connectivity index (χ0v) is 12.1. The molecule has 0 saturated carbocycles. The van der Waals surface area contributed by atoms with Crippen LogP contribution in [0, 0.1) is 0 Å². The lowest BCUT2D eigenvalue weighted by molar-refractivity contribution is 0.842. The quantitative estimate of drug-likeness (QED) is 0.865. The van der Waals surface area contributed by atoms with Gasteiger partial charge < -0.3 is 0 Å². The number of rotatable bonds is 2. The summed E-state index contributed by atoms with van der Waals surface area (Å²) < 4.78 is 0.948. The summed E-state index contributed by atoms with van der Waals surface area (Å²) in [6.45, 7) is 1.77. The van der Waals surface area contributed by atoms with Crippen molar-refractivity contribution >= 4 is 34.8 Å². The number of nitrogens with zero attached hydrogens (tertiary/aromatic N) is 1. The minimum atomic E-state index is -0.642. The van der Waals surface area contributed by atoms with Gasteiger partial charge in [-0.3, -0.25) is 9.78 Å². The number of benzene rings is 1. The van der Waals surface area contributed by atoms with Crippen LogP contribution >= 0.6 is 34.8 Å². The van der Waals surface area contributed by atoms with Crippen molar-refractivity contribution in [2.45, 2.75) is 13.3 Å². The van der Waals surface area contributed by atoms with Crippen molar-refractivity contribution in [3.05, 3.63) is 59.8 Å². The van der Waals surface area contributed by atoms with E-state index >= 15 is 0 Å². The molecule has 100 valence electrons. The first kappa shape index (κ1) is 14.2. The molecule has 0 atom stereocenters. The van der Waals surface area contributed by atoms with Crippen molar-refractivity contribution < 1.29 is 0 Å². The normalized spacial score (nSPS) is 10.7. The van der Waals surface area contributed by atoms with Crippen LogP contribution in [0.2, 0.25) is 15.2 Å². The maximum absolute atomic E-state index is 12.2. The molecule has 2 rings (SSSR count). The van der Waals surface area contributed by atoms with Gasteiger partial charge in [0.25, 0.3) is 5.56 Å². The zero-order valence-electron chi connectivity index (χ0n) is 9.84. The topological polar surface area (TPSA) is 54.9 Å². The Balaban J connectivity index is 2.83. The molecule has 4 nitrogen and oxygen atoms in total. The zero-order chi connectivity index (χ0) is 14.2. The lowest BCUT2D eigenvalue weighted by atomic mass is 10.2. The fourth-order valence-electron chi connectivity index (χ4n) is 1.73. The van der Waals surface area contributed by atoms with Crippen LogP contribution in [-0.4, -0.2) is 9.55 Å². The molecule has 1 N–H and O–H groups in total. The largest absolute Gasteiger partial charge is 0.334 e. The first-order valence-corrected chi connectivity index (χ1v) is 6.58. The Kier molecular flexibility index (Phi) is 4.04. The summed E-state index contributed by atoms with van der Waals surface area (Å²) in [5.41, 5.74) is -0.534. The number of aromatic amines is 1. The minimum Gasteiger partial charge on any atom is -0.297 e. The molecule has 0 bridgehead atoms. The molecular formula is C12H9Cl3N2O2. The number of aromatic nitrogens is 2. The monoisotopic (exact) mass is 318 g/mol. The molecule has 7 heteroatoms. The van der Waals surface area contributed by atoms with Crippen molar-refractivity contribution in [3.63, 3.8) is 0 Å². The van der Waals surface area contributed by atoms with Gasteiger partial charge in [0.1, 0.15) is 5.15 Å².